The third kappa shape index (κ3) is 5.41. The minimum absolute atomic E-state index is 0.0836. The molecule has 1 aliphatic heterocycles. The Morgan fingerprint density at radius 2 is 1.77 bits per heavy atom. The van der Waals surface area contributed by atoms with Gasteiger partial charge in [-0.25, -0.2) is 13.4 Å². The van der Waals surface area contributed by atoms with Crippen LogP contribution < -0.4 is 0 Å². The summed E-state index contributed by atoms with van der Waals surface area (Å²) >= 11 is 0. The molecule has 1 aliphatic rings. The third-order valence-corrected chi connectivity index (χ3v) is 8.07. The number of carbonyl (C=O) groups excluding carboxylic acids is 1. The molecule has 0 radical (unpaired) electrons. The van der Waals surface area contributed by atoms with E-state index in [2.05, 4.69) is 4.98 Å². The van der Waals surface area contributed by atoms with E-state index in [0.717, 1.165) is 17.2 Å². The van der Waals surface area contributed by atoms with Gasteiger partial charge in [-0.2, -0.15) is 4.31 Å². The van der Waals surface area contributed by atoms with Gasteiger partial charge < -0.3 is 9.32 Å². The maximum Gasteiger partial charge on any atom is 0.270 e. The number of hydrogen-bond acceptors (Lipinski definition) is 7. The zero-order chi connectivity index (χ0) is 25.2. The maximum absolute atomic E-state index is 13.1. The van der Waals surface area contributed by atoms with Crippen LogP contribution in [0.1, 0.15) is 23.4 Å². The van der Waals surface area contributed by atoms with Gasteiger partial charge in [-0.1, -0.05) is 35.9 Å². The Bertz CT molecular complexity index is 1340. The molecule has 1 aromatic heterocycles. The van der Waals surface area contributed by atoms with Crippen molar-refractivity contribution in [1.29, 1.82) is 0 Å². The van der Waals surface area contributed by atoms with Gasteiger partial charge in [0.15, 0.2) is 11.7 Å². The van der Waals surface area contributed by atoms with Crippen molar-refractivity contribution < 1.29 is 22.6 Å². The summed E-state index contributed by atoms with van der Waals surface area (Å²) < 4.78 is 33.2. The van der Waals surface area contributed by atoms with E-state index in [4.69, 9.17) is 4.42 Å². The summed E-state index contributed by atoms with van der Waals surface area (Å²) in [6.07, 6.45) is 2.19. The Kier molecular flexibility index (Phi) is 6.99. The first-order chi connectivity index (χ1) is 16.6. The number of aryl methyl sites for hydroxylation is 3. The van der Waals surface area contributed by atoms with E-state index in [-0.39, 0.29) is 49.1 Å². The fourth-order valence-corrected chi connectivity index (χ4v) is 5.61. The van der Waals surface area contributed by atoms with Crippen molar-refractivity contribution in [2.45, 2.75) is 31.6 Å². The topological polar surface area (TPSA) is 127 Å². The highest BCUT2D eigenvalue weighted by Gasteiger charge is 2.32. The molecular weight excluding hydrogens is 472 g/mol. The van der Waals surface area contributed by atoms with Gasteiger partial charge in [0.05, 0.1) is 16.0 Å². The van der Waals surface area contributed by atoms with E-state index >= 15 is 0 Å². The van der Waals surface area contributed by atoms with Gasteiger partial charge in [0, 0.05) is 56.7 Å². The van der Waals surface area contributed by atoms with Crippen LogP contribution in [0.5, 0.6) is 0 Å². The lowest BCUT2D eigenvalue weighted by molar-refractivity contribution is -0.385. The molecule has 4 rings (SSSR count). The number of sulfonamides is 1. The molecule has 0 atom stereocenters. The van der Waals surface area contributed by atoms with Crippen molar-refractivity contribution in [1.82, 2.24) is 14.2 Å². The lowest BCUT2D eigenvalue weighted by Gasteiger charge is -2.34. The van der Waals surface area contributed by atoms with Gasteiger partial charge in [-0.3, -0.25) is 14.9 Å². The number of carbonyl (C=O) groups is 1. The van der Waals surface area contributed by atoms with Gasteiger partial charge in [0.1, 0.15) is 0 Å². The zero-order valence-corrected chi connectivity index (χ0v) is 20.3. The standard InChI is InChI=1S/C24H26N4O6S/c1-17-3-6-19(7-4-17)21-16-25-23(34-21)9-10-24(29)26-11-13-27(14-12-26)35(32,33)22-15-20(28(30)31)8-5-18(22)2/h3-8,15-16H,9-14H2,1-2H3. The van der Waals surface area contributed by atoms with Crippen molar-refractivity contribution in [2.24, 2.45) is 0 Å². The van der Waals surface area contributed by atoms with Gasteiger partial charge in [-0.15, -0.1) is 0 Å². The fraction of sp³-hybridized carbons (Fsp3) is 0.333. The predicted molar refractivity (Wildman–Crippen MR) is 128 cm³/mol. The molecule has 10 nitrogen and oxygen atoms in total. The monoisotopic (exact) mass is 498 g/mol. The average molecular weight is 499 g/mol. The summed E-state index contributed by atoms with van der Waals surface area (Å²) in [6, 6.07) is 11.7. The molecule has 11 heteroatoms. The number of non-ortho nitro benzene ring substituents is 1. The second-order valence-electron chi connectivity index (χ2n) is 8.48. The van der Waals surface area contributed by atoms with Crippen molar-refractivity contribution >= 4 is 21.6 Å². The number of benzene rings is 2. The molecule has 2 heterocycles. The van der Waals surface area contributed by atoms with E-state index in [1.807, 2.05) is 31.2 Å². The Hall–Kier alpha value is -3.57. The zero-order valence-electron chi connectivity index (χ0n) is 19.5. The van der Waals surface area contributed by atoms with Crippen LogP contribution in [0.3, 0.4) is 0 Å². The summed E-state index contributed by atoms with van der Waals surface area (Å²) in [6.45, 7) is 4.33. The fourth-order valence-electron chi connectivity index (χ4n) is 3.95. The Morgan fingerprint density at radius 3 is 2.43 bits per heavy atom. The minimum atomic E-state index is -3.91. The second-order valence-corrected chi connectivity index (χ2v) is 10.4. The molecule has 0 unspecified atom stereocenters. The summed E-state index contributed by atoms with van der Waals surface area (Å²) in [5.41, 5.74) is 2.22. The van der Waals surface area contributed by atoms with E-state index < -0.39 is 14.9 Å². The van der Waals surface area contributed by atoms with Crippen LogP contribution >= 0.6 is 0 Å². The molecule has 184 valence electrons. The Morgan fingerprint density at radius 1 is 1.09 bits per heavy atom. The van der Waals surface area contributed by atoms with E-state index in [1.54, 1.807) is 18.0 Å². The molecule has 35 heavy (non-hydrogen) atoms. The van der Waals surface area contributed by atoms with Gasteiger partial charge in [0.2, 0.25) is 15.9 Å². The highest BCUT2D eigenvalue weighted by Crippen LogP contribution is 2.26. The number of nitro benzene ring substituents is 1. The first-order valence-corrected chi connectivity index (χ1v) is 12.6. The molecule has 0 spiro atoms. The molecule has 0 N–H and O–H groups in total. The van der Waals surface area contributed by atoms with Crippen molar-refractivity contribution in [3.8, 4) is 11.3 Å². The summed E-state index contributed by atoms with van der Waals surface area (Å²) in [4.78, 5) is 29.0. The molecule has 1 fully saturated rings. The van der Waals surface area contributed by atoms with Crippen molar-refractivity contribution in [3.63, 3.8) is 0 Å². The second kappa shape index (κ2) is 9.96. The van der Waals surface area contributed by atoms with Crippen molar-refractivity contribution in [3.05, 3.63) is 75.8 Å². The van der Waals surface area contributed by atoms with Crippen LogP contribution in [0.4, 0.5) is 5.69 Å². The first kappa shape index (κ1) is 24.6. The molecule has 0 bridgehead atoms. The molecule has 2 aromatic carbocycles. The first-order valence-electron chi connectivity index (χ1n) is 11.2. The van der Waals surface area contributed by atoms with Crippen molar-refractivity contribution in [2.75, 3.05) is 26.2 Å². The largest absolute Gasteiger partial charge is 0.441 e. The van der Waals surface area contributed by atoms with E-state index in [9.17, 15) is 23.3 Å². The van der Waals surface area contributed by atoms with Crippen LogP contribution in [0.25, 0.3) is 11.3 Å². The maximum atomic E-state index is 13.1. The number of amides is 1. The van der Waals surface area contributed by atoms with Crippen LogP contribution in [-0.2, 0) is 21.2 Å². The summed E-state index contributed by atoms with van der Waals surface area (Å²) in [7, 11) is -3.91. The number of rotatable bonds is 7. The van der Waals surface area contributed by atoms with Gasteiger partial charge in [-0.05, 0) is 19.4 Å². The highest BCUT2D eigenvalue weighted by atomic mass is 32.2. The molecule has 0 saturated carbocycles. The number of nitrogens with zero attached hydrogens (tertiary/aromatic N) is 4. The van der Waals surface area contributed by atoms with Crippen LogP contribution in [-0.4, -0.2) is 59.6 Å². The molecule has 3 aromatic rings. The SMILES string of the molecule is Cc1ccc(-c2cnc(CCC(=O)N3CCN(S(=O)(=O)c4cc([N+](=O)[O-])ccc4C)CC3)o2)cc1. The minimum Gasteiger partial charge on any atom is -0.441 e. The molecule has 1 saturated heterocycles. The summed E-state index contributed by atoms with van der Waals surface area (Å²) in [5.74, 6) is 1.00. The normalized spacial score (nSPS) is 14.7. The third-order valence-electron chi connectivity index (χ3n) is 6.03. The number of aromatic nitrogens is 1. The smallest absolute Gasteiger partial charge is 0.270 e. The molecular formula is C24H26N4O6S. The number of nitro groups is 1. The average Bonchev–Trinajstić information content (AvgIpc) is 3.32. The lowest BCUT2D eigenvalue weighted by Crippen LogP contribution is -2.50. The summed E-state index contributed by atoms with van der Waals surface area (Å²) in [5, 5.41) is 11.1. The number of piperazine rings is 1. The molecule has 1 amide bonds. The Balaban J connectivity index is 1.33. The number of oxazole rings is 1. The van der Waals surface area contributed by atoms with Crippen LogP contribution in [0.15, 0.2) is 58.0 Å². The quantitative estimate of drug-likeness (QED) is 0.361. The Labute approximate surface area is 203 Å². The predicted octanol–water partition coefficient (Wildman–Crippen LogP) is 3.33. The highest BCUT2D eigenvalue weighted by molar-refractivity contribution is 7.89. The van der Waals surface area contributed by atoms with E-state index in [0.29, 0.717) is 23.6 Å². The van der Waals surface area contributed by atoms with Crippen LogP contribution in [0.2, 0.25) is 0 Å². The lowest BCUT2D eigenvalue weighted by atomic mass is 10.1. The molecule has 0 aliphatic carbocycles. The van der Waals surface area contributed by atoms with Gasteiger partial charge in [0.25, 0.3) is 5.69 Å². The van der Waals surface area contributed by atoms with Crippen LogP contribution in [0, 0.1) is 24.0 Å². The van der Waals surface area contributed by atoms with E-state index in [1.165, 1.54) is 16.4 Å². The van der Waals surface area contributed by atoms with Gasteiger partial charge >= 0.3 is 0 Å². The number of hydrogen-bond donors (Lipinski definition) is 0.